The van der Waals surface area contributed by atoms with Gasteiger partial charge < -0.3 is 16.0 Å². The number of thiazole rings is 1. The maximum atomic E-state index is 14.1. The molecule has 1 aliphatic rings. The summed E-state index contributed by atoms with van der Waals surface area (Å²) < 4.78 is 14.1. The molecule has 3 amide bonds. The smallest absolute Gasteiger partial charge is 0.319 e. The number of urea groups is 1. The number of nitrogens with zero attached hydrogens (tertiary/aromatic N) is 1. The molecule has 1 aromatic carbocycles. The summed E-state index contributed by atoms with van der Waals surface area (Å²) in [5, 5.41) is 10.7. The van der Waals surface area contributed by atoms with Crippen LogP contribution in [0, 0.1) is 5.82 Å². The summed E-state index contributed by atoms with van der Waals surface area (Å²) in [5.74, 6) is -0.630. The van der Waals surface area contributed by atoms with E-state index >= 15 is 0 Å². The number of aryl methyl sites for hydroxylation is 1. The lowest BCUT2D eigenvalue weighted by molar-refractivity contribution is -0.116. The molecule has 0 radical (unpaired) electrons. The van der Waals surface area contributed by atoms with Crippen LogP contribution >= 0.6 is 11.3 Å². The molecule has 0 unspecified atom stereocenters. The predicted octanol–water partition coefficient (Wildman–Crippen LogP) is 3.09. The molecule has 0 saturated carbocycles. The summed E-state index contributed by atoms with van der Waals surface area (Å²) in [7, 11) is 0. The first-order valence-electron chi connectivity index (χ1n) is 7.59. The minimum absolute atomic E-state index is 0.0827. The summed E-state index contributed by atoms with van der Waals surface area (Å²) in [6, 6.07) is 2.32. The van der Waals surface area contributed by atoms with Gasteiger partial charge in [0.25, 0.3) is 0 Å². The highest BCUT2D eigenvalue weighted by atomic mass is 32.1. The number of carbonyl (C=O) groups excluding carboxylic acids is 2. The molecule has 3 N–H and O–H groups in total. The van der Waals surface area contributed by atoms with E-state index in [2.05, 4.69) is 20.9 Å². The first-order valence-corrected chi connectivity index (χ1v) is 8.47. The second kappa shape index (κ2) is 6.96. The van der Waals surface area contributed by atoms with E-state index in [0.717, 1.165) is 10.6 Å². The lowest BCUT2D eigenvalue weighted by Crippen LogP contribution is -2.32. The van der Waals surface area contributed by atoms with Crippen LogP contribution in [0.2, 0.25) is 0 Å². The van der Waals surface area contributed by atoms with Crippen LogP contribution in [0.25, 0.3) is 0 Å². The van der Waals surface area contributed by atoms with Gasteiger partial charge in [-0.15, -0.1) is 11.3 Å². The lowest BCUT2D eigenvalue weighted by atomic mass is 10.0. The number of nitrogens with one attached hydrogen (secondary N) is 3. The minimum atomic E-state index is -0.584. The Labute approximate surface area is 142 Å². The largest absolute Gasteiger partial charge is 0.337 e. The van der Waals surface area contributed by atoms with E-state index in [1.54, 1.807) is 12.3 Å². The Morgan fingerprint density at radius 3 is 3.04 bits per heavy atom. The maximum Gasteiger partial charge on any atom is 0.319 e. The third-order valence-electron chi connectivity index (χ3n) is 3.78. The number of aromatic nitrogens is 1. The number of halogens is 1. The van der Waals surface area contributed by atoms with E-state index < -0.39 is 11.8 Å². The highest BCUT2D eigenvalue weighted by Gasteiger charge is 2.18. The van der Waals surface area contributed by atoms with Gasteiger partial charge in [0, 0.05) is 36.1 Å². The Morgan fingerprint density at radius 1 is 1.46 bits per heavy atom. The van der Waals surface area contributed by atoms with Crippen LogP contribution in [-0.4, -0.2) is 23.5 Å². The van der Waals surface area contributed by atoms with Crippen LogP contribution in [0.1, 0.15) is 29.8 Å². The highest BCUT2D eigenvalue weighted by Crippen LogP contribution is 2.28. The van der Waals surface area contributed by atoms with E-state index in [4.69, 9.17) is 0 Å². The highest BCUT2D eigenvalue weighted by molar-refractivity contribution is 7.09. The molecule has 126 valence electrons. The third kappa shape index (κ3) is 3.70. The number of anilines is 2. The minimum Gasteiger partial charge on any atom is -0.337 e. The van der Waals surface area contributed by atoms with E-state index in [0.29, 0.717) is 25.1 Å². The van der Waals surface area contributed by atoms with Gasteiger partial charge in [-0.2, -0.15) is 0 Å². The van der Waals surface area contributed by atoms with Gasteiger partial charge in [-0.25, -0.2) is 14.2 Å². The zero-order valence-corrected chi connectivity index (χ0v) is 13.9. The van der Waals surface area contributed by atoms with Gasteiger partial charge in [-0.1, -0.05) is 6.92 Å². The third-order valence-corrected chi connectivity index (χ3v) is 4.79. The van der Waals surface area contributed by atoms with E-state index in [1.807, 2.05) is 12.3 Å². The number of amides is 3. The fourth-order valence-electron chi connectivity index (χ4n) is 2.48. The first-order chi connectivity index (χ1) is 11.5. The SMILES string of the molecule is C[C@H](CNC(=O)Nc1cc2c(cc1F)NC(=O)CC2)c1nccs1. The van der Waals surface area contributed by atoms with Crippen molar-refractivity contribution in [2.24, 2.45) is 0 Å². The Kier molecular flexibility index (Phi) is 4.75. The van der Waals surface area contributed by atoms with Crippen molar-refractivity contribution < 1.29 is 14.0 Å². The van der Waals surface area contributed by atoms with Gasteiger partial charge >= 0.3 is 6.03 Å². The zero-order chi connectivity index (χ0) is 17.1. The second-order valence-corrected chi connectivity index (χ2v) is 6.57. The van der Waals surface area contributed by atoms with E-state index in [-0.39, 0.29) is 17.5 Å². The number of hydrogen-bond acceptors (Lipinski definition) is 4. The normalized spacial score (nSPS) is 14.5. The fourth-order valence-corrected chi connectivity index (χ4v) is 3.17. The summed E-state index contributed by atoms with van der Waals surface area (Å²) in [4.78, 5) is 27.5. The van der Waals surface area contributed by atoms with E-state index in [9.17, 15) is 14.0 Å². The molecular formula is C16H17FN4O2S. The van der Waals surface area contributed by atoms with Crippen molar-refractivity contribution in [1.29, 1.82) is 0 Å². The molecule has 0 bridgehead atoms. The Bertz CT molecular complexity index is 764. The van der Waals surface area contributed by atoms with Crippen molar-refractivity contribution in [3.8, 4) is 0 Å². The number of benzene rings is 1. The number of hydrogen-bond donors (Lipinski definition) is 3. The molecule has 24 heavy (non-hydrogen) atoms. The monoisotopic (exact) mass is 348 g/mol. The molecular weight excluding hydrogens is 331 g/mol. The zero-order valence-electron chi connectivity index (χ0n) is 13.1. The molecule has 1 atom stereocenters. The number of fused-ring (bicyclic) bond motifs is 1. The molecule has 0 fully saturated rings. The maximum absolute atomic E-state index is 14.1. The summed E-state index contributed by atoms with van der Waals surface area (Å²) >= 11 is 1.53. The van der Waals surface area contributed by atoms with Crippen LogP contribution in [0.3, 0.4) is 0 Å². The van der Waals surface area contributed by atoms with Crippen molar-refractivity contribution in [2.45, 2.75) is 25.7 Å². The molecule has 1 aromatic heterocycles. The average molecular weight is 348 g/mol. The Balaban J connectivity index is 1.61. The molecule has 8 heteroatoms. The van der Waals surface area contributed by atoms with Crippen molar-refractivity contribution >= 4 is 34.6 Å². The number of carbonyl (C=O) groups is 2. The molecule has 0 saturated heterocycles. The van der Waals surface area contributed by atoms with Gasteiger partial charge in [0.2, 0.25) is 5.91 Å². The topological polar surface area (TPSA) is 83.1 Å². The van der Waals surface area contributed by atoms with Crippen molar-refractivity contribution in [3.63, 3.8) is 0 Å². The quantitative estimate of drug-likeness (QED) is 0.794. The van der Waals surface area contributed by atoms with Crippen molar-refractivity contribution in [2.75, 3.05) is 17.2 Å². The van der Waals surface area contributed by atoms with E-state index in [1.165, 1.54) is 17.4 Å². The molecule has 0 spiro atoms. The van der Waals surface area contributed by atoms with Crippen molar-refractivity contribution in [3.05, 3.63) is 40.1 Å². The van der Waals surface area contributed by atoms with Crippen LogP contribution in [-0.2, 0) is 11.2 Å². The van der Waals surface area contributed by atoms with Crippen molar-refractivity contribution in [1.82, 2.24) is 10.3 Å². The van der Waals surface area contributed by atoms with Gasteiger partial charge in [0.1, 0.15) is 5.82 Å². The summed E-state index contributed by atoms with van der Waals surface area (Å²) in [6.45, 7) is 2.36. The predicted molar refractivity (Wildman–Crippen MR) is 90.9 cm³/mol. The Hall–Kier alpha value is -2.48. The fraction of sp³-hybridized carbons (Fsp3) is 0.312. The molecule has 2 heterocycles. The standard InChI is InChI=1S/C16H17FN4O2S/c1-9(15-18-4-5-24-15)8-19-16(23)21-13-6-10-2-3-14(22)20-12(10)7-11(13)17/h4-7,9H,2-3,8H2,1H3,(H,20,22)(H2,19,21,23)/t9-/m1/s1. The van der Waals surface area contributed by atoms with Gasteiger partial charge in [-0.3, -0.25) is 4.79 Å². The average Bonchev–Trinajstić information content (AvgIpc) is 3.08. The molecule has 1 aliphatic heterocycles. The number of rotatable bonds is 4. The second-order valence-electron chi connectivity index (χ2n) is 5.64. The first kappa shape index (κ1) is 16.4. The molecule has 0 aliphatic carbocycles. The molecule has 6 nitrogen and oxygen atoms in total. The molecule has 3 rings (SSSR count). The summed E-state index contributed by atoms with van der Waals surface area (Å²) in [5.41, 5.74) is 1.37. The summed E-state index contributed by atoms with van der Waals surface area (Å²) in [6.07, 6.45) is 2.60. The van der Waals surface area contributed by atoms with Crippen LogP contribution in [0.5, 0.6) is 0 Å². The van der Waals surface area contributed by atoms with Gasteiger partial charge in [0.05, 0.1) is 10.7 Å². The van der Waals surface area contributed by atoms with Crippen LogP contribution < -0.4 is 16.0 Å². The van der Waals surface area contributed by atoms with Crippen LogP contribution in [0.4, 0.5) is 20.6 Å². The van der Waals surface area contributed by atoms with Crippen LogP contribution in [0.15, 0.2) is 23.7 Å². The molecule has 2 aromatic rings. The lowest BCUT2D eigenvalue weighted by Gasteiger charge is -2.18. The van der Waals surface area contributed by atoms with Gasteiger partial charge in [0.15, 0.2) is 0 Å². The Morgan fingerprint density at radius 2 is 2.29 bits per heavy atom. The van der Waals surface area contributed by atoms with Gasteiger partial charge in [-0.05, 0) is 24.1 Å².